The number of rotatable bonds is 8. The molecule has 1 fully saturated rings. The van der Waals surface area contributed by atoms with Crippen molar-refractivity contribution in [1.82, 2.24) is 20.5 Å². The van der Waals surface area contributed by atoms with Crippen LogP contribution in [-0.4, -0.2) is 47.4 Å². The average Bonchev–Trinajstić information content (AvgIpc) is 3.07. The summed E-state index contributed by atoms with van der Waals surface area (Å²) in [6.07, 6.45) is 5.43. The number of aryl methyl sites for hydroxylation is 2. The lowest BCUT2D eigenvalue weighted by Crippen LogP contribution is -2.56. The average molecular weight is 370 g/mol. The van der Waals surface area contributed by atoms with Crippen molar-refractivity contribution in [1.29, 1.82) is 0 Å². The van der Waals surface area contributed by atoms with Gasteiger partial charge in [-0.25, -0.2) is 0 Å². The first-order chi connectivity index (χ1) is 13.1. The minimum Gasteiger partial charge on any atom is -0.465 e. The first kappa shape index (κ1) is 19.1. The van der Waals surface area contributed by atoms with Gasteiger partial charge < -0.3 is 15.1 Å². The van der Waals surface area contributed by atoms with Crippen molar-refractivity contribution in [2.24, 2.45) is 0 Å². The van der Waals surface area contributed by atoms with Gasteiger partial charge in [-0.15, -0.1) is 0 Å². The molecule has 2 aromatic rings. The highest BCUT2D eigenvalue weighted by molar-refractivity contribution is 5.88. The zero-order valence-corrected chi connectivity index (χ0v) is 15.6. The third-order valence-corrected chi connectivity index (χ3v) is 4.66. The summed E-state index contributed by atoms with van der Waals surface area (Å²) < 4.78 is 5.62. The maximum Gasteiger partial charge on any atom is 0.237 e. The number of aromatic nitrogens is 1. The molecule has 1 saturated heterocycles. The van der Waals surface area contributed by atoms with Crippen molar-refractivity contribution in [3.05, 3.63) is 53.7 Å². The third kappa shape index (κ3) is 5.65. The zero-order chi connectivity index (χ0) is 19.1. The molecule has 1 unspecified atom stereocenters. The van der Waals surface area contributed by atoms with Gasteiger partial charge in [0.25, 0.3) is 0 Å². The number of carbonyl (C=O) groups is 2. The van der Waals surface area contributed by atoms with Gasteiger partial charge in [-0.05, 0) is 43.5 Å². The molecule has 0 bridgehead atoms. The highest BCUT2D eigenvalue weighted by Gasteiger charge is 2.32. The number of nitrogens with zero attached hydrogens (tertiary/aromatic N) is 2. The van der Waals surface area contributed by atoms with E-state index in [2.05, 4.69) is 15.6 Å². The lowest BCUT2D eigenvalue weighted by atomic mass is 10.1. The molecule has 7 heteroatoms. The van der Waals surface area contributed by atoms with Crippen molar-refractivity contribution in [2.45, 2.75) is 38.8 Å². The number of furan rings is 1. The summed E-state index contributed by atoms with van der Waals surface area (Å²) >= 11 is 0. The number of piperazine rings is 1. The molecule has 2 N–H and O–H groups in total. The van der Waals surface area contributed by atoms with E-state index in [0.29, 0.717) is 26.2 Å². The molecular weight excluding hydrogens is 344 g/mol. The van der Waals surface area contributed by atoms with Crippen LogP contribution in [0.3, 0.4) is 0 Å². The smallest absolute Gasteiger partial charge is 0.237 e. The van der Waals surface area contributed by atoms with E-state index < -0.39 is 6.04 Å². The van der Waals surface area contributed by atoms with Crippen LogP contribution >= 0.6 is 0 Å². The second-order valence-corrected chi connectivity index (χ2v) is 6.81. The summed E-state index contributed by atoms with van der Waals surface area (Å²) in [5.41, 5.74) is 1.15. The van der Waals surface area contributed by atoms with Crippen molar-refractivity contribution in [3.63, 3.8) is 0 Å². The van der Waals surface area contributed by atoms with Crippen LogP contribution in [0.25, 0.3) is 0 Å². The maximum absolute atomic E-state index is 12.3. The Morgan fingerprint density at radius 2 is 2.30 bits per heavy atom. The van der Waals surface area contributed by atoms with E-state index in [1.807, 2.05) is 42.3 Å². The van der Waals surface area contributed by atoms with Crippen LogP contribution in [-0.2, 0) is 22.6 Å². The van der Waals surface area contributed by atoms with Gasteiger partial charge in [0.15, 0.2) is 0 Å². The molecular formula is C20H26N4O3. The van der Waals surface area contributed by atoms with Crippen LogP contribution in [0.2, 0.25) is 0 Å². The molecule has 1 aliphatic heterocycles. The highest BCUT2D eigenvalue weighted by Crippen LogP contribution is 2.15. The summed E-state index contributed by atoms with van der Waals surface area (Å²) in [5.74, 6) is 1.44. The molecule has 1 atom stereocenters. The minimum atomic E-state index is -0.470. The Kier molecular flexibility index (Phi) is 6.59. The van der Waals surface area contributed by atoms with E-state index in [1.54, 1.807) is 6.20 Å². The van der Waals surface area contributed by atoms with Gasteiger partial charge in [-0.3, -0.25) is 19.5 Å². The summed E-state index contributed by atoms with van der Waals surface area (Å²) in [5, 5.41) is 5.77. The van der Waals surface area contributed by atoms with Crippen LogP contribution in [0.4, 0.5) is 0 Å². The molecule has 0 aliphatic carbocycles. The molecule has 0 radical (unpaired) electrons. The second kappa shape index (κ2) is 9.32. The van der Waals surface area contributed by atoms with Gasteiger partial charge >= 0.3 is 0 Å². The van der Waals surface area contributed by atoms with Crippen LogP contribution in [0, 0.1) is 6.92 Å². The molecule has 1 aliphatic rings. The van der Waals surface area contributed by atoms with Crippen LogP contribution in [0.5, 0.6) is 0 Å². The fraction of sp³-hybridized carbons (Fsp3) is 0.450. The van der Waals surface area contributed by atoms with E-state index in [0.717, 1.165) is 29.9 Å². The Morgan fingerprint density at radius 3 is 3.04 bits per heavy atom. The van der Waals surface area contributed by atoms with Gasteiger partial charge in [0.1, 0.15) is 11.5 Å². The topological polar surface area (TPSA) is 87.5 Å². The van der Waals surface area contributed by atoms with Crippen molar-refractivity contribution in [2.75, 3.05) is 19.6 Å². The molecule has 0 aromatic carbocycles. The third-order valence-electron chi connectivity index (χ3n) is 4.66. The Labute approximate surface area is 159 Å². The van der Waals surface area contributed by atoms with Crippen LogP contribution < -0.4 is 10.6 Å². The molecule has 0 saturated carbocycles. The zero-order valence-electron chi connectivity index (χ0n) is 15.6. The summed E-state index contributed by atoms with van der Waals surface area (Å²) in [7, 11) is 0. The maximum atomic E-state index is 12.3. The lowest BCUT2D eigenvalue weighted by molar-refractivity contribution is -0.134. The minimum absolute atomic E-state index is 0.102. The van der Waals surface area contributed by atoms with Crippen LogP contribution in [0.1, 0.15) is 29.9 Å². The normalized spacial score (nSPS) is 17.5. The number of nitrogens with one attached hydrogen (secondary N) is 2. The van der Waals surface area contributed by atoms with Gasteiger partial charge in [0.2, 0.25) is 11.8 Å². The van der Waals surface area contributed by atoms with E-state index in [-0.39, 0.29) is 18.2 Å². The summed E-state index contributed by atoms with van der Waals surface area (Å²) in [6.45, 7) is 4.29. The predicted octanol–water partition coefficient (Wildman–Crippen LogP) is 1.42. The Bertz CT molecular complexity index is 760. The Morgan fingerprint density at radius 1 is 1.41 bits per heavy atom. The summed E-state index contributed by atoms with van der Waals surface area (Å²) in [6, 6.07) is 7.28. The quantitative estimate of drug-likeness (QED) is 0.687. The molecule has 3 heterocycles. The molecule has 3 rings (SSSR count). The number of amides is 2. The fourth-order valence-electron chi connectivity index (χ4n) is 3.26. The SMILES string of the molecule is Cc1ccc(CN2CCNC(=O)C2CC(=O)NCCCc2cccnc2)o1. The monoisotopic (exact) mass is 370 g/mol. The van der Waals surface area contributed by atoms with Crippen molar-refractivity contribution < 1.29 is 14.0 Å². The second-order valence-electron chi connectivity index (χ2n) is 6.81. The van der Waals surface area contributed by atoms with Crippen molar-refractivity contribution in [3.8, 4) is 0 Å². The first-order valence-electron chi connectivity index (χ1n) is 9.34. The van der Waals surface area contributed by atoms with Crippen LogP contribution in [0.15, 0.2) is 41.1 Å². The molecule has 144 valence electrons. The van der Waals surface area contributed by atoms with Gasteiger partial charge in [0, 0.05) is 32.0 Å². The number of hydrogen-bond acceptors (Lipinski definition) is 5. The molecule has 7 nitrogen and oxygen atoms in total. The highest BCUT2D eigenvalue weighted by atomic mass is 16.3. The van der Waals surface area contributed by atoms with E-state index in [4.69, 9.17) is 4.42 Å². The number of carbonyl (C=O) groups excluding carboxylic acids is 2. The number of hydrogen-bond donors (Lipinski definition) is 2. The number of pyridine rings is 1. The van der Waals surface area contributed by atoms with Gasteiger partial charge in [0.05, 0.1) is 19.0 Å². The fourth-order valence-corrected chi connectivity index (χ4v) is 3.26. The largest absolute Gasteiger partial charge is 0.465 e. The predicted molar refractivity (Wildman–Crippen MR) is 101 cm³/mol. The van der Waals surface area contributed by atoms with E-state index in [1.165, 1.54) is 0 Å². The van der Waals surface area contributed by atoms with Gasteiger partial charge in [-0.1, -0.05) is 6.07 Å². The molecule has 0 spiro atoms. The standard InChI is InChI=1S/C20H26N4O3/c1-15-6-7-17(27-15)14-24-11-10-23-20(26)18(24)12-19(25)22-9-3-5-16-4-2-8-21-13-16/h2,4,6-8,13,18H,3,5,9-12,14H2,1H3,(H,22,25)(H,23,26). The lowest BCUT2D eigenvalue weighted by Gasteiger charge is -2.34. The molecule has 2 amide bonds. The van der Waals surface area contributed by atoms with E-state index >= 15 is 0 Å². The summed E-state index contributed by atoms with van der Waals surface area (Å²) in [4.78, 5) is 30.7. The van der Waals surface area contributed by atoms with Gasteiger partial charge in [-0.2, -0.15) is 0 Å². The Hall–Kier alpha value is -2.67. The molecule has 27 heavy (non-hydrogen) atoms. The first-order valence-corrected chi connectivity index (χ1v) is 9.34. The Balaban J connectivity index is 1.47. The molecule has 2 aromatic heterocycles. The van der Waals surface area contributed by atoms with Crippen molar-refractivity contribution >= 4 is 11.8 Å². The van der Waals surface area contributed by atoms with E-state index in [9.17, 15) is 9.59 Å².